The molecule has 1 saturated heterocycles. The van der Waals surface area contributed by atoms with Crippen molar-refractivity contribution in [2.45, 2.75) is 58.6 Å². The predicted octanol–water partition coefficient (Wildman–Crippen LogP) is 3.84. The lowest BCUT2D eigenvalue weighted by molar-refractivity contribution is 0.0937. The molecule has 3 rings (SSSR count). The van der Waals surface area contributed by atoms with Gasteiger partial charge in [-0.05, 0) is 45.2 Å². The molecule has 1 aromatic heterocycles. The number of hydrogen-bond acceptors (Lipinski definition) is 6. The molecule has 30 heavy (non-hydrogen) atoms. The summed E-state index contributed by atoms with van der Waals surface area (Å²) in [6.07, 6.45) is 7.17. The number of benzene rings is 1. The van der Waals surface area contributed by atoms with Crippen molar-refractivity contribution < 1.29 is 14.3 Å². The third-order valence-electron chi connectivity index (χ3n) is 5.10. The van der Waals surface area contributed by atoms with Crippen molar-refractivity contribution in [2.75, 3.05) is 24.6 Å². The van der Waals surface area contributed by atoms with Crippen molar-refractivity contribution in [3.8, 4) is 11.5 Å². The molecule has 7 heteroatoms. The number of hydrogen-bond donors (Lipinski definition) is 1. The van der Waals surface area contributed by atoms with Gasteiger partial charge in [0.1, 0.15) is 6.10 Å². The Morgan fingerprint density at radius 3 is 2.67 bits per heavy atom. The Morgan fingerprint density at radius 1 is 1.23 bits per heavy atom. The summed E-state index contributed by atoms with van der Waals surface area (Å²) in [5, 5.41) is 2.98. The van der Waals surface area contributed by atoms with Gasteiger partial charge in [-0.15, -0.1) is 0 Å². The molecule has 2 heterocycles. The Labute approximate surface area is 178 Å². The smallest absolute Gasteiger partial charge is 0.254 e. The highest BCUT2D eigenvalue weighted by Gasteiger charge is 2.24. The van der Waals surface area contributed by atoms with Gasteiger partial charge in [0, 0.05) is 25.0 Å². The number of aromatic nitrogens is 2. The highest BCUT2D eigenvalue weighted by atomic mass is 16.5. The topological polar surface area (TPSA) is 76.6 Å². The second kappa shape index (κ2) is 10.8. The van der Waals surface area contributed by atoms with Gasteiger partial charge in [-0.2, -0.15) is 0 Å². The number of amides is 1. The number of piperidine rings is 1. The highest BCUT2D eigenvalue weighted by molar-refractivity contribution is 5.93. The van der Waals surface area contributed by atoms with Gasteiger partial charge >= 0.3 is 0 Å². The molecule has 1 N–H and O–H groups in total. The molecule has 1 fully saturated rings. The number of carbonyl (C=O) groups excluding carboxylic acids is 1. The lowest BCUT2D eigenvalue weighted by Crippen LogP contribution is -2.42. The molecular formula is C23H32N4O3. The van der Waals surface area contributed by atoms with Crippen LogP contribution in [0.2, 0.25) is 0 Å². The van der Waals surface area contributed by atoms with E-state index in [-0.39, 0.29) is 18.1 Å². The minimum absolute atomic E-state index is 0.0295. The van der Waals surface area contributed by atoms with Crippen molar-refractivity contribution >= 4 is 11.9 Å². The Bertz CT molecular complexity index is 812. The molecule has 2 atom stereocenters. The number of nitrogens with zero attached hydrogens (tertiary/aromatic N) is 3. The van der Waals surface area contributed by atoms with Crippen molar-refractivity contribution in [2.24, 2.45) is 0 Å². The monoisotopic (exact) mass is 412 g/mol. The maximum Gasteiger partial charge on any atom is 0.254 e. The molecule has 7 nitrogen and oxygen atoms in total. The minimum atomic E-state index is -0.130. The van der Waals surface area contributed by atoms with Gasteiger partial charge in [0.15, 0.2) is 11.5 Å². The maximum atomic E-state index is 12.3. The van der Waals surface area contributed by atoms with Crippen LogP contribution in [-0.4, -0.2) is 47.7 Å². The summed E-state index contributed by atoms with van der Waals surface area (Å²) in [5.74, 6) is 2.02. The number of carbonyl (C=O) groups is 1. The average molecular weight is 413 g/mol. The molecule has 0 saturated carbocycles. The van der Waals surface area contributed by atoms with Crippen LogP contribution in [0.1, 0.15) is 56.8 Å². The van der Waals surface area contributed by atoms with Gasteiger partial charge in [0.25, 0.3) is 5.91 Å². The Hall–Kier alpha value is -2.83. The first-order valence-corrected chi connectivity index (χ1v) is 10.9. The van der Waals surface area contributed by atoms with Crippen LogP contribution in [0.4, 0.5) is 5.95 Å². The predicted molar refractivity (Wildman–Crippen MR) is 117 cm³/mol. The molecule has 0 radical (unpaired) electrons. The molecule has 0 bridgehead atoms. The average Bonchev–Trinajstić information content (AvgIpc) is 2.76. The van der Waals surface area contributed by atoms with Crippen LogP contribution in [0.25, 0.3) is 0 Å². The Balaban J connectivity index is 1.61. The fourth-order valence-corrected chi connectivity index (χ4v) is 3.63. The number of para-hydroxylation sites is 2. The fourth-order valence-electron chi connectivity index (χ4n) is 3.63. The minimum Gasteiger partial charge on any atom is -0.490 e. The first-order chi connectivity index (χ1) is 14.6. The number of rotatable bonds is 9. The second-order valence-corrected chi connectivity index (χ2v) is 7.64. The zero-order chi connectivity index (χ0) is 21.3. The van der Waals surface area contributed by atoms with Crippen molar-refractivity contribution in [1.29, 1.82) is 0 Å². The van der Waals surface area contributed by atoms with E-state index in [1.165, 1.54) is 0 Å². The van der Waals surface area contributed by atoms with Crippen LogP contribution in [0, 0.1) is 0 Å². The Kier molecular flexibility index (Phi) is 7.88. The van der Waals surface area contributed by atoms with Gasteiger partial charge in [0.2, 0.25) is 5.95 Å². The summed E-state index contributed by atoms with van der Waals surface area (Å²) in [6.45, 7) is 8.23. The van der Waals surface area contributed by atoms with E-state index in [0.29, 0.717) is 24.7 Å². The third-order valence-corrected chi connectivity index (χ3v) is 5.10. The number of anilines is 1. The normalized spacial score (nSPS) is 17.3. The van der Waals surface area contributed by atoms with E-state index in [4.69, 9.17) is 9.47 Å². The summed E-state index contributed by atoms with van der Waals surface area (Å²) >= 11 is 0. The second-order valence-electron chi connectivity index (χ2n) is 7.64. The van der Waals surface area contributed by atoms with Gasteiger partial charge in [-0.25, -0.2) is 9.97 Å². The van der Waals surface area contributed by atoms with Crippen LogP contribution in [-0.2, 0) is 0 Å². The molecule has 0 spiro atoms. The van der Waals surface area contributed by atoms with E-state index < -0.39 is 0 Å². The summed E-state index contributed by atoms with van der Waals surface area (Å²) in [4.78, 5) is 23.3. The van der Waals surface area contributed by atoms with Crippen LogP contribution in [0.3, 0.4) is 0 Å². The van der Waals surface area contributed by atoms with Crippen molar-refractivity contribution in [3.63, 3.8) is 0 Å². The van der Waals surface area contributed by atoms with E-state index in [1.54, 1.807) is 12.4 Å². The summed E-state index contributed by atoms with van der Waals surface area (Å²) in [6, 6.07) is 7.90. The maximum absolute atomic E-state index is 12.3. The standard InChI is InChI=1S/C23H32N4O3/c1-4-9-17(3)26-22(28)18-14-24-23(25-15-18)27-13-8-10-19(16-27)30-21-12-7-6-11-20(21)29-5-2/h6-7,11-12,14-15,17,19H,4-5,8-10,13,16H2,1-3H3,(H,26,28). The lowest BCUT2D eigenvalue weighted by atomic mass is 10.1. The van der Waals surface area contributed by atoms with E-state index in [0.717, 1.165) is 43.7 Å². The van der Waals surface area contributed by atoms with Crippen LogP contribution in [0.15, 0.2) is 36.7 Å². The molecular weight excluding hydrogens is 380 g/mol. The molecule has 2 unspecified atom stereocenters. The number of nitrogens with one attached hydrogen (secondary N) is 1. The van der Waals surface area contributed by atoms with Gasteiger partial charge in [-0.1, -0.05) is 25.5 Å². The van der Waals surface area contributed by atoms with E-state index in [1.807, 2.05) is 38.1 Å². The summed E-state index contributed by atoms with van der Waals surface area (Å²) < 4.78 is 11.9. The molecule has 0 aliphatic carbocycles. The van der Waals surface area contributed by atoms with E-state index in [9.17, 15) is 4.79 Å². The molecule has 162 valence electrons. The summed E-state index contributed by atoms with van der Waals surface area (Å²) in [7, 11) is 0. The largest absolute Gasteiger partial charge is 0.490 e. The van der Waals surface area contributed by atoms with Crippen LogP contribution >= 0.6 is 0 Å². The van der Waals surface area contributed by atoms with Crippen molar-refractivity contribution in [1.82, 2.24) is 15.3 Å². The Morgan fingerprint density at radius 2 is 1.97 bits per heavy atom. The quantitative estimate of drug-likeness (QED) is 0.674. The van der Waals surface area contributed by atoms with Crippen LogP contribution in [0.5, 0.6) is 11.5 Å². The van der Waals surface area contributed by atoms with E-state index in [2.05, 4.69) is 27.1 Å². The molecule has 1 aliphatic rings. The molecule has 1 aliphatic heterocycles. The zero-order valence-corrected chi connectivity index (χ0v) is 18.1. The highest BCUT2D eigenvalue weighted by Crippen LogP contribution is 2.29. The van der Waals surface area contributed by atoms with Gasteiger partial charge in [0.05, 0.1) is 18.7 Å². The first-order valence-electron chi connectivity index (χ1n) is 10.9. The molecule has 1 amide bonds. The first kappa shape index (κ1) is 21.9. The fraction of sp³-hybridized carbons (Fsp3) is 0.522. The zero-order valence-electron chi connectivity index (χ0n) is 18.1. The van der Waals surface area contributed by atoms with Gasteiger partial charge in [-0.3, -0.25) is 4.79 Å². The SMILES string of the molecule is CCCC(C)NC(=O)c1cnc(N2CCCC(Oc3ccccc3OCC)C2)nc1. The lowest BCUT2D eigenvalue weighted by Gasteiger charge is -2.33. The summed E-state index contributed by atoms with van der Waals surface area (Å²) in [5.41, 5.74) is 0.483. The molecule has 1 aromatic carbocycles. The molecule has 2 aromatic rings. The van der Waals surface area contributed by atoms with Crippen molar-refractivity contribution in [3.05, 3.63) is 42.2 Å². The third kappa shape index (κ3) is 5.84. The number of ether oxygens (including phenoxy) is 2. The van der Waals surface area contributed by atoms with E-state index >= 15 is 0 Å². The van der Waals surface area contributed by atoms with Gasteiger partial charge < -0.3 is 19.7 Å². The van der Waals surface area contributed by atoms with Crippen LogP contribution < -0.4 is 19.7 Å².